The van der Waals surface area contributed by atoms with E-state index in [1.54, 1.807) is 0 Å². The van der Waals surface area contributed by atoms with E-state index < -0.39 is 11.9 Å². The summed E-state index contributed by atoms with van der Waals surface area (Å²) in [6, 6.07) is -0.481. The van der Waals surface area contributed by atoms with E-state index in [0.29, 0.717) is 6.42 Å². The highest BCUT2D eigenvalue weighted by Gasteiger charge is 2.15. The number of likely N-dealkylation sites (tertiary alicyclic amines) is 1. The maximum Gasteiger partial charge on any atom is 0.234 e. The molecule has 1 saturated heterocycles. The molecule has 15 heavy (non-hydrogen) atoms. The van der Waals surface area contributed by atoms with E-state index in [9.17, 15) is 4.79 Å². The van der Waals surface area contributed by atoms with Crippen molar-refractivity contribution in [3.63, 3.8) is 0 Å². The number of nitrogens with zero attached hydrogens (tertiary/aromatic N) is 1. The molecule has 0 saturated carbocycles. The maximum atomic E-state index is 10.8. The lowest BCUT2D eigenvalue weighted by atomic mass is 10.0. The number of hydrogen-bond donors (Lipinski definition) is 2. The van der Waals surface area contributed by atoms with Crippen molar-refractivity contribution < 1.29 is 4.79 Å². The standard InChI is InChI=1S/C11H23N3O/c1-9-3-2-6-14(7-4-9)8-5-10(12)11(13)15/h9-10H,2-8,12H2,1H3,(H2,13,15). The molecule has 4 N–H and O–H groups in total. The molecule has 0 aromatic carbocycles. The van der Waals surface area contributed by atoms with Gasteiger partial charge in [-0.1, -0.05) is 6.92 Å². The van der Waals surface area contributed by atoms with Crippen molar-refractivity contribution in [3.05, 3.63) is 0 Å². The fraction of sp³-hybridized carbons (Fsp3) is 0.909. The van der Waals surface area contributed by atoms with Gasteiger partial charge in [0.25, 0.3) is 0 Å². The van der Waals surface area contributed by atoms with Crippen molar-refractivity contribution in [1.29, 1.82) is 0 Å². The van der Waals surface area contributed by atoms with Gasteiger partial charge in [0.1, 0.15) is 0 Å². The Morgan fingerprint density at radius 3 is 2.87 bits per heavy atom. The second-order valence-electron chi connectivity index (χ2n) is 4.68. The first-order valence-electron chi connectivity index (χ1n) is 5.87. The van der Waals surface area contributed by atoms with Crippen LogP contribution in [0.25, 0.3) is 0 Å². The Labute approximate surface area is 92.0 Å². The Hall–Kier alpha value is -0.610. The lowest BCUT2D eigenvalue weighted by Gasteiger charge is -2.20. The molecule has 2 atom stereocenters. The van der Waals surface area contributed by atoms with Gasteiger partial charge in [0.15, 0.2) is 0 Å². The van der Waals surface area contributed by atoms with Gasteiger partial charge in [-0.15, -0.1) is 0 Å². The van der Waals surface area contributed by atoms with Crippen LogP contribution in [0.2, 0.25) is 0 Å². The molecular weight excluding hydrogens is 190 g/mol. The topological polar surface area (TPSA) is 72.3 Å². The highest BCUT2D eigenvalue weighted by Crippen LogP contribution is 2.16. The Bertz CT molecular complexity index is 208. The summed E-state index contributed by atoms with van der Waals surface area (Å²) in [5.41, 5.74) is 10.7. The van der Waals surface area contributed by atoms with Gasteiger partial charge in [0, 0.05) is 6.54 Å². The minimum atomic E-state index is -0.481. The van der Waals surface area contributed by atoms with Crippen molar-refractivity contribution >= 4 is 5.91 Å². The van der Waals surface area contributed by atoms with E-state index in [2.05, 4.69) is 11.8 Å². The van der Waals surface area contributed by atoms with E-state index in [-0.39, 0.29) is 0 Å². The molecule has 1 heterocycles. The molecule has 0 spiro atoms. The summed E-state index contributed by atoms with van der Waals surface area (Å²) in [6.07, 6.45) is 4.51. The van der Waals surface area contributed by atoms with Crippen molar-refractivity contribution in [1.82, 2.24) is 4.90 Å². The van der Waals surface area contributed by atoms with Crippen LogP contribution < -0.4 is 11.5 Å². The summed E-state index contributed by atoms with van der Waals surface area (Å²) in [5.74, 6) is 0.443. The molecule has 1 aliphatic rings. The summed E-state index contributed by atoms with van der Waals surface area (Å²) in [7, 11) is 0. The maximum absolute atomic E-state index is 10.8. The SMILES string of the molecule is CC1CCCN(CCC(N)C(N)=O)CC1. The van der Waals surface area contributed by atoms with Gasteiger partial charge in [-0.05, 0) is 44.7 Å². The Morgan fingerprint density at radius 1 is 1.47 bits per heavy atom. The van der Waals surface area contributed by atoms with Crippen molar-refractivity contribution in [3.8, 4) is 0 Å². The third-order valence-electron chi connectivity index (χ3n) is 3.23. The molecule has 2 unspecified atom stereocenters. The van der Waals surface area contributed by atoms with Gasteiger partial charge >= 0.3 is 0 Å². The molecule has 0 aliphatic carbocycles. The molecule has 1 fully saturated rings. The minimum absolute atomic E-state index is 0.391. The lowest BCUT2D eigenvalue weighted by molar-refractivity contribution is -0.119. The van der Waals surface area contributed by atoms with Gasteiger partial charge in [-0.25, -0.2) is 0 Å². The number of carbonyl (C=O) groups is 1. The van der Waals surface area contributed by atoms with Crippen LogP contribution in [-0.4, -0.2) is 36.5 Å². The quantitative estimate of drug-likeness (QED) is 0.706. The van der Waals surface area contributed by atoms with E-state index in [4.69, 9.17) is 11.5 Å². The predicted octanol–water partition coefficient (Wildman–Crippen LogP) is 0.311. The third kappa shape index (κ3) is 4.62. The Kier molecular flexibility index (Phi) is 5.05. The minimum Gasteiger partial charge on any atom is -0.368 e. The van der Waals surface area contributed by atoms with Crippen molar-refractivity contribution in [2.75, 3.05) is 19.6 Å². The second kappa shape index (κ2) is 6.08. The zero-order valence-electron chi connectivity index (χ0n) is 9.61. The first kappa shape index (κ1) is 12.5. The first-order valence-corrected chi connectivity index (χ1v) is 5.87. The van der Waals surface area contributed by atoms with Crippen LogP contribution in [0.1, 0.15) is 32.6 Å². The zero-order valence-corrected chi connectivity index (χ0v) is 9.61. The number of primary amides is 1. The third-order valence-corrected chi connectivity index (χ3v) is 3.23. The summed E-state index contributed by atoms with van der Waals surface area (Å²) in [6.45, 7) is 5.47. The average molecular weight is 213 g/mol. The van der Waals surface area contributed by atoms with Gasteiger partial charge in [-0.2, -0.15) is 0 Å². The number of hydrogen-bond acceptors (Lipinski definition) is 3. The molecule has 0 aromatic rings. The van der Waals surface area contributed by atoms with Crippen LogP contribution in [0.5, 0.6) is 0 Å². The van der Waals surface area contributed by atoms with Crippen molar-refractivity contribution in [2.24, 2.45) is 17.4 Å². The summed E-state index contributed by atoms with van der Waals surface area (Å²) >= 11 is 0. The van der Waals surface area contributed by atoms with Crippen molar-refractivity contribution in [2.45, 2.75) is 38.6 Å². The summed E-state index contributed by atoms with van der Waals surface area (Å²) in [5, 5.41) is 0. The Balaban J connectivity index is 2.23. The molecule has 0 aromatic heterocycles. The molecule has 0 radical (unpaired) electrons. The largest absolute Gasteiger partial charge is 0.368 e. The van der Waals surface area contributed by atoms with Gasteiger partial charge in [-0.3, -0.25) is 4.79 Å². The normalized spacial score (nSPS) is 25.9. The second-order valence-corrected chi connectivity index (χ2v) is 4.68. The number of rotatable bonds is 4. The van der Waals surface area contributed by atoms with Crippen LogP contribution in [0.4, 0.5) is 0 Å². The van der Waals surface area contributed by atoms with Crippen LogP contribution in [0.3, 0.4) is 0 Å². The molecule has 1 aliphatic heterocycles. The van der Waals surface area contributed by atoms with E-state index in [1.807, 2.05) is 0 Å². The van der Waals surface area contributed by atoms with Gasteiger partial charge in [0.2, 0.25) is 5.91 Å². The number of carbonyl (C=O) groups excluding carboxylic acids is 1. The van der Waals surface area contributed by atoms with E-state index in [0.717, 1.165) is 25.6 Å². The molecule has 0 bridgehead atoms. The molecule has 1 rings (SSSR count). The molecule has 4 nitrogen and oxygen atoms in total. The Morgan fingerprint density at radius 2 is 2.20 bits per heavy atom. The van der Waals surface area contributed by atoms with Gasteiger partial charge < -0.3 is 16.4 Å². The monoisotopic (exact) mass is 213 g/mol. The molecule has 4 heteroatoms. The smallest absolute Gasteiger partial charge is 0.234 e. The fourth-order valence-electron chi connectivity index (χ4n) is 2.01. The van der Waals surface area contributed by atoms with Crippen LogP contribution in [0, 0.1) is 5.92 Å². The molecular formula is C11H23N3O. The highest BCUT2D eigenvalue weighted by molar-refractivity contribution is 5.79. The van der Waals surface area contributed by atoms with Crippen LogP contribution >= 0.6 is 0 Å². The number of amides is 1. The van der Waals surface area contributed by atoms with Crippen LogP contribution in [0.15, 0.2) is 0 Å². The lowest BCUT2D eigenvalue weighted by Crippen LogP contribution is -2.39. The number of nitrogens with two attached hydrogens (primary N) is 2. The summed E-state index contributed by atoms with van der Waals surface area (Å²) in [4.78, 5) is 13.2. The highest BCUT2D eigenvalue weighted by atomic mass is 16.1. The summed E-state index contributed by atoms with van der Waals surface area (Å²) < 4.78 is 0. The first-order chi connectivity index (χ1) is 7.09. The van der Waals surface area contributed by atoms with Crippen LogP contribution in [-0.2, 0) is 4.79 Å². The predicted molar refractivity (Wildman–Crippen MR) is 61.2 cm³/mol. The average Bonchev–Trinajstić information content (AvgIpc) is 2.39. The van der Waals surface area contributed by atoms with Gasteiger partial charge in [0.05, 0.1) is 6.04 Å². The molecule has 88 valence electrons. The van der Waals surface area contributed by atoms with E-state index in [1.165, 1.54) is 19.3 Å². The fourth-order valence-corrected chi connectivity index (χ4v) is 2.01. The van der Waals surface area contributed by atoms with E-state index >= 15 is 0 Å². The zero-order chi connectivity index (χ0) is 11.3. The molecule has 1 amide bonds.